The molecule has 0 spiro atoms. The summed E-state index contributed by atoms with van der Waals surface area (Å²) in [5.41, 5.74) is -0.330. The zero-order valence-corrected chi connectivity index (χ0v) is 13.2. The first-order valence-electron chi connectivity index (χ1n) is 7.79. The van der Waals surface area contributed by atoms with E-state index < -0.39 is 17.2 Å². The Morgan fingerprint density at radius 2 is 1.87 bits per heavy atom. The summed E-state index contributed by atoms with van der Waals surface area (Å²) in [7, 11) is 1.37. The monoisotopic (exact) mass is 319 g/mol. The highest BCUT2D eigenvalue weighted by Gasteiger charge is 2.55. The fraction of sp³-hybridized carbons (Fsp3) is 0.529. The number of amides is 1. The highest BCUT2D eigenvalue weighted by molar-refractivity contribution is 5.80. The molecule has 2 bridgehead atoms. The van der Waals surface area contributed by atoms with Crippen molar-refractivity contribution in [2.45, 2.75) is 43.4 Å². The van der Waals surface area contributed by atoms with Crippen molar-refractivity contribution in [2.24, 2.45) is 0 Å². The standard InChI is InChI=1S/C17H21NO5/c1-21-14(19)17-9-7-16(8-10-17,12-23-17)18-15(20)22-11-13-5-3-2-4-6-13/h2-6H,7-12H2,1H3,(H,18,20). The van der Waals surface area contributed by atoms with E-state index in [2.05, 4.69) is 5.32 Å². The van der Waals surface area contributed by atoms with Crippen LogP contribution in [0.25, 0.3) is 0 Å². The van der Waals surface area contributed by atoms with Crippen molar-refractivity contribution in [1.29, 1.82) is 0 Å². The highest BCUT2D eigenvalue weighted by atomic mass is 16.6. The zero-order valence-electron chi connectivity index (χ0n) is 13.2. The van der Waals surface area contributed by atoms with Gasteiger partial charge in [0.25, 0.3) is 0 Å². The van der Waals surface area contributed by atoms with Gasteiger partial charge in [-0.1, -0.05) is 30.3 Å². The molecule has 0 aromatic heterocycles. The normalized spacial score (nSPS) is 28.9. The molecule has 2 aliphatic heterocycles. The van der Waals surface area contributed by atoms with Crippen LogP contribution in [0.4, 0.5) is 4.79 Å². The topological polar surface area (TPSA) is 73.9 Å². The predicted octanol–water partition coefficient (Wildman–Crippen LogP) is 2.17. The number of alkyl carbamates (subject to hydrolysis) is 1. The molecule has 0 radical (unpaired) electrons. The molecule has 6 nitrogen and oxygen atoms in total. The number of rotatable bonds is 4. The van der Waals surface area contributed by atoms with Crippen LogP contribution in [0, 0.1) is 0 Å². The van der Waals surface area contributed by atoms with Crippen LogP contribution < -0.4 is 5.32 Å². The van der Waals surface area contributed by atoms with Crippen molar-refractivity contribution in [3.8, 4) is 0 Å². The maximum atomic E-state index is 12.1. The molecular weight excluding hydrogens is 298 g/mol. The Hall–Kier alpha value is -2.08. The third-order valence-corrected chi connectivity index (χ3v) is 4.78. The van der Waals surface area contributed by atoms with Gasteiger partial charge in [0, 0.05) is 0 Å². The van der Waals surface area contributed by atoms with Crippen LogP contribution >= 0.6 is 0 Å². The Morgan fingerprint density at radius 1 is 1.17 bits per heavy atom. The Balaban J connectivity index is 1.53. The fourth-order valence-electron chi connectivity index (χ4n) is 3.28. The second kappa shape index (κ2) is 6.20. The number of benzene rings is 1. The summed E-state index contributed by atoms with van der Waals surface area (Å²) in [5.74, 6) is -0.322. The first-order valence-corrected chi connectivity index (χ1v) is 7.79. The number of methoxy groups -OCH3 is 1. The molecule has 1 aromatic rings. The van der Waals surface area contributed by atoms with E-state index in [0.717, 1.165) is 5.56 Å². The molecule has 124 valence electrons. The highest BCUT2D eigenvalue weighted by Crippen LogP contribution is 2.44. The van der Waals surface area contributed by atoms with Gasteiger partial charge in [0.05, 0.1) is 19.3 Å². The molecule has 3 aliphatic rings. The van der Waals surface area contributed by atoms with Gasteiger partial charge in [-0.15, -0.1) is 0 Å². The maximum Gasteiger partial charge on any atom is 0.407 e. The summed E-state index contributed by atoms with van der Waals surface area (Å²) in [6, 6.07) is 9.52. The van der Waals surface area contributed by atoms with Gasteiger partial charge in [-0.3, -0.25) is 0 Å². The maximum absolute atomic E-state index is 12.1. The van der Waals surface area contributed by atoms with Gasteiger partial charge < -0.3 is 19.5 Å². The Bertz CT molecular complexity index is 561. The average molecular weight is 319 g/mol. The second-order valence-corrected chi connectivity index (χ2v) is 6.24. The predicted molar refractivity (Wildman–Crippen MR) is 81.7 cm³/mol. The van der Waals surface area contributed by atoms with Crippen molar-refractivity contribution in [3.05, 3.63) is 35.9 Å². The summed E-state index contributed by atoms with van der Waals surface area (Å²) in [6.07, 6.45) is 2.02. The van der Waals surface area contributed by atoms with Gasteiger partial charge in [-0.2, -0.15) is 0 Å². The molecule has 0 unspecified atom stereocenters. The van der Waals surface area contributed by atoms with E-state index in [9.17, 15) is 9.59 Å². The minimum Gasteiger partial charge on any atom is -0.467 e. The molecule has 4 rings (SSSR count). The number of carbonyl (C=O) groups is 2. The van der Waals surface area contributed by atoms with Gasteiger partial charge >= 0.3 is 12.1 Å². The van der Waals surface area contributed by atoms with Crippen LogP contribution in [0.15, 0.2) is 30.3 Å². The van der Waals surface area contributed by atoms with E-state index in [1.54, 1.807) is 0 Å². The summed E-state index contributed by atoms with van der Waals surface area (Å²) in [6.45, 7) is 0.540. The van der Waals surface area contributed by atoms with Crippen molar-refractivity contribution in [1.82, 2.24) is 5.32 Å². The van der Waals surface area contributed by atoms with Crippen LogP contribution in [0.5, 0.6) is 0 Å². The number of ether oxygens (including phenoxy) is 3. The van der Waals surface area contributed by atoms with Crippen molar-refractivity contribution >= 4 is 12.1 Å². The lowest BCUT2D eigenvalue weighted by Crippen LogP contribution is -2.65. The Labute approximate surface area is 135 Å². The van der Waals surface area contributed by atoms with Gasteiger partial charge in [-0.05, 0) is 31.2 Å². The van der Waals surface area contributed by atoms with Crippen molar-refractivity contribution < 1.29 is 23.8 Å². The number of fused-ring (bicyclic) bond motifs is 3. The van der Waals surface area contributed by atoms with Crippen molar-refractivity contribution in [3.63, 3.8) is 0 Å². The second-order valence-electron chi connectivity index (χ2n) is 6.24. The zero-order chi connectivity index (χ0) is 16.3. The van der Waals surface area contributed by atoms with Crippen molar-refractivity contribution in [2.75, 3.05) is 13.7 Å². The van der Waals surface area contributed by atoms with Gasteiger partial charge in [0.2, 0.25) is 0 Å². The van der Waals surface area contributed by atoms with Crippen LogP contribution in [0.1, 0.15) is 31.2 Å². The lowest BCUT2D eigenvalue weighted by atomic mass is 9.71. The van der Waals surface area contributed by atoms with Gasteiger partial charge in [-0.25, -0.2) is 9.59 Å². The lowest BCUT2D eigenvalue weighted by molar-refractivity contribution is -0.198. The van der Waals surface area contributed by atoms with Crippen LogP contribution in [0.2, 0.25) is 0 Å². The molecule has 2 saturated heterocycles. The lowest BCUT2D eigenvalue weighted by Gasteiger charge is -2.51. The number of hydrogen-bond acceptors (Lipinski definition) is 5. The number of esters is 1. The van der Waals surface area contributed by atoms with E-state index in [0.29, 0.717) is 32.3 Å². The summed E-state index contributed by atoms with van der Waals surface area (Å²) < 4.78 is 15.8. The Kier molecular flexibility index (Phi) is 4.26. The molecule has 0 atom stereocenters. The number of hydrogen-bond donors (Lipinski definition) is 1. The first-order chi connectivity index (χ1) is 11.1. The largest absolute Gasteiger partial charge is 0.467 e. The molecule has 1 aromatic carbocycles. The van der Waals surface area contributed by atoms with E-state index in [-0.39, 0.29) is 12.6 Å². The van der Waals surface area contributed by atoms with E-state index in [1.807, 2.05) is 30.3 Å². The Morgan fingerprint density at radius 3 is 2.43 bits per heavy atom. The number of nitrogens with one attached hydrogen (secondary N) is 1. The van der Waals surface area contributed by atoms with E-state index in [1.165, 1.54) is 7.11 Å². The summed E-state index contributed by atoms with van der Waals surface area (Å²) in [5, 5.41) is 2.93. The molecule has 1 aliphatic carbocycles. The summed E-state index contributed by atoms with van der Waals surface area (Å²) >= 11 is 0. The molecule has 23 heavy (non-hydrogen) atoms. The van der Waals surface area contributed by atoms with Gasteiger partial charge in [0.1, 0.15) is 6.61 Å². The molecule has 6 heteroatoms. The fourth-order valence-corrected chi connectivity index (χ4v) is 3.28. The summed E-state index contributed by atoms with van der Waals surface area (Å²) in [4.78, 5) is 23.9. The molecule has 3 fully saturated rings. The molecule has 1 amide bonds. The quantitative estimate of drug-likeness (QED) is 0.861. The van der Waals surface area contributed by atoms with Crippen LogP contribution in [0.3, 0.4) is 0 Å². The average Bonchev–Trinajstić information content (AvgIpc) is 2.61. The van der Waals surface area contributed by atoms with Crippen LogP contribution in [-0.4, -0.2) is 36.9 Å². The van der Waals surface area contributed by atoms with E-state index in [4.69, 9.17) is 14.2 Å². The van der Waals surface area contributed by atoms with E-state index >= 15 is 0 Å². The minimum absolute atomic E-state index is 0.232. The van der Waals surface area contributed by atoms with Crippen LogP contribution in [-0.2, 0) is 25.6 Å². The smallest absolute Gasteiger partial charge is 0.407 e. The minimum atomic E-state index is -0.827. The SMILES string of the molecule is COC(=O)C12CCC(NC(=O)OCc3ccccc3)(CC1)CO2. The van der Waals surface area contributed by atoms with Gasteiger partial charge in [0.15, 0.2) is 5.60 Å². The number of carbonyl (C=O) groups excluding carboxylic acids is 2. The molecule has 2 heterocycles. The molecular formula is C17H21NO5. The third kappa shape index (κ3) is 3.17. The molecule has 1 saturated carbocycles. The molecule has 1 N–H and O–H groups in total. The first kappa shape index (κ1) is 15.8. The third-order valence-electron chi connectivity index (χ3n) is 4.78.